The van der Waals surface area contributed by atoms with E-state index in [2.05, 4.69) is 4.98 Å². The van der Waals surface area contributed by atoms with E-state index >= 15 is 0 Å². The molecule has 0 aliphatic heterocycles. The molecule has 1 aliphatic carbocycles. The quantitative estimate of drug-likeness (QED) is 0.476. The molecule has 194 valence electrons. The van der Waals surface area contributed by atoms with Crippen molar-refractivity contribution in [3.63, 3.8) is 0 Å². The minimum Gasteiger partial charge on any atom is -0.368 e. The Balaban J connectivity index is 2.28. The zero-order valence-corrected chi connectivity index (χ0v) is 19.2. The molecule has 0 saturated heterocycles. The van der Waals surface area contributed by atoms with Gasteiger partial charge in [0.1, 0.15) is 5.54 Å². The number of hydrogen-bond acceptors (Lipinski definition) is 6. The number of rotatable bonds is 9. The summed E-state index contributed by atoms with van der Waals surface area (Å²) >= 11 is 0. The molecular weight excluding hydrogens is 514 g/mol. The Hall–Kier alpha value is -3.18. The van der Waals surface area contributed by atoms with Crippen LogP contribution in [0.2, 0.25) is 0 Å². The fourth-order valence-electron chi connectivity index (χ4n) is 4.22. The minimum absolute atomic E-state index is 0.0707. The van der Waals surface area contributed by atoms with Gasteiger partial charge in [-0.05, 0) is 30.5 Å². The van der Waals surface area contributed by atoms with Gasteiger partial charge in [-0.3, -0.25) is 15.1 Å². The van der Waals surface area contributed by atoms with E-state index in [1.165, 1.54) is 35.8 Å². The normalized spacial score (nSPS) is 17.6. The summed E-state index contributed by atoms with van der Waals surface area (Å²) in [6.07, 6.45) is -11.7. The maximum Gasteiger partial charge on any atom is 0.419 e. The summed E-state index contributed by atoms with van der Waals surface area (Å²) in [4.78, 5) is 16.6. The van der Waals surface area contributed by atoms with Crippen LogP contribution in [0.3, 0.4) is 0 Å². The number of carbonyl (C=O) groups excluding carboxylic acids is 1. The molecule has 1 unspecified atom stereocenters. The van der Waals surface area contributed by atoms with E-state index in [-0.39, 0.29) is 18.5 Å². The number of hydrogen-bond donors (Lipinski definition) is 2. The molecule has 1 saturated carbocycles. The van der Waals surface area contributed by atoms with Crippen LogP contribution in [0.5, 0.6) is 0 Å². The lowest BCUT2D eigenvalue weighted by Gasteiger charge is -2.47. The SMILES string of the molecule is N#CC1(C(CS(=O)(=O)Cc2ccccn2)(NC(c2ccccc2)(C(F)(F)F)C(F)(F)F)C(N)=O)CC1. The van der Waals surface area contributed by atoms with Crippen LogP contribution >= 0.6 is 0 Å². The molecule has 7 nitrogen and oxygen atoms in total. The van der Waals surface area contributed by atoms with Gasteiger partial charge in [0.25, 0.3) is 0 Å². The number of aromatic nitrogens is 1. The Kier molecular flexibility index (Phi) is 6.88. The lowest BCUT2D eigenvalue weighted by Crippen LogP contribution is -2.76. The lowest BCUT2D eigenvalue weighted by atomic mass is 9.77. The summed E-state index contributed by atoms with van der Waals surface area (Å²) < 4.78 is 113. The Labute approximate surface area is 202 Å². The van der Waals surface area contributed by atoms with E-state index in [1.807, 2.05) is 0 Å². The van der Waals surface area contributed by atoms with Crippen LogP contribution in [0.1, 0.15) is 24.1 Å². The van der Waals surface area contributed by atoms with Crippen molar-refractivity contribution in [2.45, 2.75) is 42.0 Å². The second kappa shape index (κ2) is 9.04. The van der Waals surface area contributed by atoms with Crippen molar-refractivity contribution in [2.75, 3.05) is 5.75 Å². The first-order valence-corrected chi connectivity index (χ1v) is 12.2. The standard InChI is InChI=1S/C22H20F6N4O3S/c23-21(24,25)20(22(26,27)28,15-6-2-1-3-7-15)32-19(17(30)33,18(13-29)9-10-18)14-36(34,35)12-16-8-4-5-11-31-16/h1-8,11,32H,9-10,12,14H2,(H2,30,33). The van der Waals surface area contributed by atoms with E-state index in [1.54, 1.807) is 6.07 Å². The smallest absolute Gasteiger partial charge is 0.368 e. The highest BCUT2D eigenvalue weighted by Crippen LogP contribution is 2.58. The number of nitriles is 1. The number of nitrogens with zero attached hydrogens (tertiary/aromatic N) is 2. The van der Waals surface area contributed by atoms with Crippen LogP contribution in [0.25, 0.3) is 0 Å². The zero-order chi connectivity index (χ0) is 27.0. The molecule has 1 aromatic heterocycles. The van der Waals surface area contributed by atoms with E-state index in [4.69, 9.17) is 5.73 Å². The van der Waals surface area contributed by atoms with Gasteiger partial charge in [-0.15, -0.1) is 0 Å². The number of sulfone groups is 1. The second-order valence-corrected chi connectivity index (χ2v) is 10.6. The topological polar surface area (TPSA) is 126 Å². The van der Waals surface area contributed by atoms with Crippen molar-refractivity contribution in [3.05, 3.63) is 66.0 Å². The largest absolute Gasteiger partial charge is 0.419 e. The fraction of sp³-hybridized carbons (Fsp3) is 0.409. The van der Waals surface area contributed by atoms with E-state index in [0.29, 0.717) is 12.1 Å². The predicted octanol–water partition coefficient (Wildman–Crippen LogP) is 3.13. The first-order chi connectivity index (χ1) is 16.6. The lowest BCUT2D eigenvalue weighted by molar-refractivity contribution is -0.319. The third-order valence-electron chi connectivity index (χ3n) is 6.19. The molecule has 3 N–H and O–H groups in total. The molecule has 14 heteroatoms. The molecule has 1 aliphatic rings. The number of alkyl halides is 6. The molecule has 36 heavy (non-hydrogen) atoms. The molecule has 1 heterocycles. The first-order valence-electron chi connectivity index (χ1n) is 10.4. The minimum atomic E-state index is -6.14. The van der Waals surface area contributed by atoms with Crippen LogP contribution < -0.4 is 11.1 Å². The van der Waals surface area contributed by atoms with Crippen LogP contribution in [-0.2, 0) is 25.9 Å². The van der Waals surface area contributed by atoms with Gasteiger partial charge >= 0.3 is 12.4 Å². The summed E-state index contributed by atoms with van der Waals surface area (Å²) in [6, 6.07) is 9.80. The Morgan fingerprint density at radius 3 is 2.00 bits per heavy atom. The average molecular weight is 534 g/mol. The van der Waals surface area contributed by atoms with Crippen LogP contribution in [0, 0.1) is 16.7 Å². The van der Waals surface area contributed by atoms with Gasteiger partial charge in [-0.1, -0.05) is 36.4 Å². The number of nitrogens with one attached hydrogen (secondary N) is 1. The van der Waals surface area contributed by atoms with Gasteiger partial charge in [-0.2, -0.15) is 31.6 Å². The van der Waals surface area contributed by atoms with Crippen LogP contribution in [0.4, 0.5) is 26.3 Å². The maximum atomic E-state index is 14.5. The Morgan fingerprint density at radius 1 is 1.03 bits per heavy atom. The van der Waals surface area contributed by atoms with Crippen molar-refractivity contribution in [1.82, 2.24) is 10.3 Å². The molecule has 0 bridgehead atoms. The van der Waals surface area contributed by atoms with Crippen molar-refractivity contribution < 1.29 is 39.6 Å². The highest BCUT2D eigenvalue weighted by atomic mass is 32.2. The maximum absolute atomic E-state index is 14.5. The Morgan fingerprint density at radius 2 is 1.58 bits per heavy atom. The number of halogens is 6. The summed E-state index contributed by atoms with van der Waals surface area (Å²) in [5.74, 6) is -4.34. The number of benzene rings is 1. The third kappa shape index (κ3) is 4.64. The summed E-state index contributed by atoms with van der Waals surface area (Å²) in [7, 11) is -4.65. The molecule has 0 spiro atoms. The molecular formula is C22H20F6N4O3S. The molecule has 1 aromatic carbocycles. The molecule has 2 aromatic rings. The Bertz CT molecular complexity index is 1240. The van der Waals surface area contributed by atoms with Crippen molar-refractivity contribution >= 4 is 15.7 Å². The van der Waals surface area contributed by atoms with Crippen molar-refractivity contribution in [1.29, 1.82) is 5.26 Å². The molecule has 1 amide bonds. The second-order valence-electron chi connectivity index (χ2n) is 8.55. The van der Waals surface area contributed by atoms with E-state index in [0.717, 1.165) is 12.1 Å². The number of carbonyl (C=O) groups is 1. The number of pyridine rings is 1. The van der Waals surface area contributed by atoms with Gasteiger partial charge in [0.05, 0.1) is 28.7 Å². The van der Waals surface area contributed by atoms with E-state index in [9.17, 15) is 44.8 Å². The zero-order valence-electron chi connectivity index (χ0n) is 18.4. The summed E-state index contributed by atoms with van der Waals surface area (Å²) in [6.45, 7) is 0. The van der Waals surface area contributed by atoms with Gasteiger partial charge in [-0.25, -0.2) is 8.42 Å². The molecule has 1 fully saturated rings. The van der Waals surface area contributed by atoms with E-state index < -0.39 is 61.7 Å². The van der Waals surface area contributed by atoms with Gasteiger partial charge in [0.2, 0.25) is 11.4 Å². The average Bonchev–Trinajstić information content (AvgIpc) is 3.57. The first kappa shape index (κ1) is 27.4. The summed E-state index contributed by atoms with van der Waals surface area (Å²) in [5.41, 5.74) is -6.46. The molecule has 0 radical (unpaired) electrons. The number of primary amides is 1. The van der Waals surface area contributed by atoms with Crippen molar-refractivity contribution in [2.24, 2.45) is 11.1 Å². The highest BCUT2D eigenvalue weighted by Gasteiger charge is 2.77. The molecule has 1 atom stereocenters. The monoisotopic (exact) mass is 534 g/mol. The predicted molar refractivity (Wildman–Crippen MR) is 114 cm³/mol. The summed E-state index contributed by atoms with van der Waals surface area (Å²) in [5, 5.41) is 11.1. The fourth-order valence-corrected chi connectivity index (χ4v) is 6.10. The highest BCUT2D eigenvalue weighted by molar-refractivity contribution is 7.90. The third-order valence-corrected chi connectivity index (χ3v) is 7.80. The van der Waals surface area contributed by atoms with Crippen LogP contribution in [-0.4, -0.2) is 43.0 Å². The van der Waals surface area contributed by atoms with Crippen LogP contribution in [0.15, 0.2) is 54.7 Å². The van der Waals surface area contributed by atoms with Gasteiger partial charge < -0.3 is 5.73 Å². The van der Waals surface area contributed by atoms with Gasteiger partial charge in [0, 0.05) is 6.20 Å². The van der Waals surface area contributed by atoms with Gasteiger partial charge in [0.15, 0.2) is 9.84 Å². The number of amides is 1. The van der Waals surface area contributed by atoms with Crippen molar-refractivity contribution in [3.8, 4) is 6.07 Å². The molecule has 3 rings (SSSR count). The number of nitrogens with two attached hydrogens (primary N) is 1.